The van der Waals surface area contributed by atoms with E-state index in [4.69, 9.17) is 4.74 Å². The van der Waals surface area contributed by atoms with E-state index in [2.05, 4.69) is 46.7 Å². The summed E-state index contributed by atoms with van der Waals surface area (Å²) in [4.78, 5) is 4.14. The number of hydrogen-bond acceptors (Lipinski definition) is 4. The Kier molecular flexibility index (Phi) is 5.20. The Morgan fingerprint density at radius 2 is 1.79 bits per heavy atom. The smallest absolute Gasteiger partial charge is 0.146 e. The number of pyridine rings is 1. The van der Waals surface area contributed by atoms with Crippen molar-refractivity contribution in [2.45, 2.75) is 13.5 Å². The van der Waals surface area contributed by atoms with Crippen LogP contribution in [-0.2, 0) is 6.61 Å². The number of hydrazone groups is 1. The Morgan fingerprint density at radius 1 is 1.00 bits per heavy atom. The third kappa shape index (κ3) is 4.68. The molecule has 24 heavy (non-hydrogen) atoms. The Morgan fingerprint density at radius 3 is 2.50 bits per heavy atom. The molecule has 1 aromatic heterocycles. The first kappa shape index (κ1) is 15.7. The van der Waals surface area contributed by atoms with Gasteiger partial charge in [0.15, 0.2) is 0 Å². The molecule has 3 rings (SSSR count). The first-order chi connectivity index (χ1) is 11.8. The fraction of sp³-hybridized carbons (Fsp3) is 0.100. The summed E-state index contributed by atoms with van der Waals surface area (Å²) >= 11 is 0. The molecule has 1 heterocycles. The van der Waals surface area contributed by atoms with E-state index in [1.807, 2.05) is 42.5 Å². The van der Waals surface area contributed by atoms with Gasteiger partial charge in [0, 0.05) is 6.20 Å². The van der Waals surface area contributed by atoms with Gasteiger partial charge in [-0.05, 0) is 54.4 Å². The van der Waals surface area contributed by atoms with Crippen molar-refractivity contribution in [3.05, 3.63) is 89.6 Å². The summed E-state index contributed by atoms with van der Waals surface area (Å²) < 4.78 is 5.79. The highest BCUT2D eigenvalue weighted by molar-refractivity contribution is 5.80. The van der Waals surface area contributed by atoms with Crippen molar-refractivity contribution in [1.29, 1.82) is 0 Å². The molecule has 0 aliphatic rings. The van der Waals surface area contributed by atoms with Gasteiger partial charge in [0.25, 0.3) is 0 Å². The van der Waals surface area contributed by atoms with Gasteiger partial charge in [-0.3, -0.25) is 5.43 Å². The molecular weight excluding hydrogens is 298 g/mol. The van der Waals surface area contributed by atoms with Crippen LogP contribution < -0.4 is 10.2 Å². The van der Waals surface area contributed by atoms with Crippen molar-refractivity contribution in [3.8, 4) is 5.75 Å². The zero-order valence-corrected chi connectivity index (χ0v) is 13.5. The summed E-state index contributed by atoms with van der Waals surface area (Å²) in [6.07, 6.45) is 3.47. The zero-order valence-electron chi connectivity index (χ0n) is 13.5. The maximum atomic E-state index is 5.79. The SMILES string of the molecule is Cc1ccc(COc2ccc(C=NNc3ccccn3)cc2)cc1. The molecule has 0 amide bonds. The van der Waals surface area contributed by atoms with Crippen molar-refractivity contribution < 1.29 is 4.74 Å². The Hall–Kier alpha value is -3.14. The van der Waals surface area contributed by atoms with Crippen LogP contribution in [0.25, 0.3) is 0 Å². The fourth-order valence-corrected chi connectivity index (χ4v) is 2.10. The molecule has 120 valence electrons. The molecule has 0 bridgehead atoms. The van der Waals surface area contributed by atoms with Crippen LogP contribution in [0.5, 0.6) is 5.75 Å². The van der Waals surface area contributed by atoms with E-state index in [1.54, 1.807) is 12.4 Å². The van der Waals surface area contributed by atoms with Crippen molar-refractivity contribution in [1.82, 2.24) is 4.98 Å². The molecule has 0 radical (unpaired) electrons. The Labute approximate surface area is 141 Å². The minimum Gasteiger partial charge on any atom is -0.489 e. The molecule has 4 nitrogen and oxygen atoms in total. The minimum absolute atomic E-state index is 0.564. The lowest BCUT2D eigenvalue weighted by atomic mass is 10.2. The maximum absolute atomic E-state index is 5.79. The molecule has 4 heteroatoms. The summed E-state index contributed by atoms with van der Waals surface area (Å²) in [5.41, 5.74) is 6.28. The number of hydrogen-bond donors (Lipinski definition) is 1. The van der Waals surface area contributed by atoms with Gasteiger partial charge in [-0.1, -0.05) is 35.9 Å². The largest absolute Gasteiger partial charge is 0.489 e. The third-order valence-corrected chi connectivity index (χ3v) is 3.46. The molecule has 0 saturated carbocycles. The average Bonchev–Trinajstić information content (AvgIpc) is 2.63. The zero-order chi connectivity index (χ0) is 16.6. The lowest BCUT2D eigenvalue weighted by Crippen LogP contribution is -1.96. The van der Waals surface area contributed by atoms with Crippen molar-refractivity contribution in [3.63, 3.8) is 0 Å². The second kappa shape index (κ2) is 7.92. The van der Waals surface area contributed by atoms with Crippen LogP contribution in [0, 0.1) is 6.92 Å². The monoisotopic (exact) mass is 317 g/mol. The topological polar surface area (TPSA) is 46.5 Å². The Balaban J connectivity index is 1.52. The molecule has 0 unspecified atom stereocenters. The summed E-state index contributed by atoms with van der Waals surface area (Å²) in [7, 11) is 0. The average molecular weight is 317 g/mol. The molecule has 0 spiro atoms. The molecule has 0 aliphatic carbocycles. The number of nitrogens with zero attached hydrogens (tertiary/aromatic N) is 2. The molecule has 0 aliphatic heterocycles. The van der Waals surface area contributed by atoms with Crippen LogP contribution in [0.15, 0.2) is 78.0 Å². The second-order valence-electron chi connectivity index (χ2n) is 5.43. The van der Waals surface area contributed by atoms with Gasteiger partial charge in [-0.2, -0.15) is 5.10 Å². The van der Waals surface area contributed by atoms with E-state index in [-0.39, 0.29) is 0 Å². The minimum atomic E-state index is 0.564. The maximum Gasteiger partial charge on any atom is 0.146 e. The first-order valence-corrected chi connectivity index (χ1v) is 7.78. The highest BCUT2D eigenvalue weighted by Crippen LogP contribution is 2.14. The van der Waals surface area contributed by atoms with Crippen molar-refractivity contribution in [2.75, 3.05) is 5.43 Å². The fourth-order valence-electron chi connectivity index (χ4n) is 2.10. The van der Waals surface area contributed by atoms with E-state index in [0.717, 1.165) is 16.9 Å². The van der Waals surface area contributed by atoms with Crippen LogP contribution in [0.1, 0.15) is 16.7 Å². The van der Waals surface area contributed by atoms with E-state index in [1.165, 1.54) is 5.56 Å². The van der Waals surface area contributed by atoms with Crippen LogP contribution in [0.4, 0.5) is 5.82 Å². The van der Waals surface area contributed by atoms with Crippen LogP contribution in [-0.4, -0.2) is 11.2 Å². The van der Waals surface area contributed by atoms with Gasteiger partial charge in [0.05, 0.1) is 6.21 Å². The highest BCUT2D eigenvalue weighted by Gasteiger charge is 1.97. The molecule has 0 saturated heterocycles. The van der Waals surface area contributed by atoms with E-state index < -0.39 is 0 Å². The second-order valence-corrected chi connectivity index (χ2v) is 5.43. The number of benzene rings is 2. The van der Waals surface area contributed by atoms with Crippen molar-refractivity contribution in [2.24, 2.45) is 5.10 Å². The summed E-state index contributed by atoms with van der Waals surface area (Å²) in [6.45, 7) is 2.64. The van der Waals surface area contributed by atoms with E-state index >= 15 is 0 Å². The van der Waals surface area contributed by atoms with Gasteiger partial charge < -0.3 is 4.74 Å². The summed E-state index contributed by atoms with van der Waals surface area (Å²) in [5, 5.41) is 4.17. The lowest BCUT2D eigenvalue weighted by Gasteiger charge is -2.06. The standard InChI is InChI=1S/C20H19N3O/c1-16-5-7-18(8-6-16)15-24-19-11-9-17(10-12-19)14-22-23-20-4-2-3-13-21-20/h2-14H,15H2,1H3,(H,21,23). The molecule has 1 N–H and O–H groups in total. The molecule has 3 aromatic rings. The van der Waals surface area contributed by atoms with Gasteiger partial charge in [-0.15, -0.1) is 0 Å². The van der Waals surface area contributed by atoms with Crippen LogP contribution in [0.3, 0.4) is 0 Å². The van der Waals surface area contributed by atoms with Crippen molar-refractivity contribution >= 4 is 12.0 Å². The number of nitrogens with one attached hydrogen (secondary N) is 1. The number of aromatic nitrogens is 1. The number of rotatable bonds is 6. The number of aryl methyl sites for hydroxylation is 1. The molecule has 2 aromatic carbocycles. The van der Waals surface area contributed by atoms with E-state index in [9.17, 15) is 0 Å². The molecule has 0 fully saturated rings. The number of anilines is 1. The van der Waals surface area contributed by atoms with Gasteiger partial charge in [0.1, 0.15) is 18.2 Å². The Bertz CT molecular complexity index is 781. The first-order valence-electron chi connectivity index (χ1n) is 7.78. The van der Waals surface area contributed by atoms with Gasteiger partial charge in [-0.25, -0.2) is 4.98 Å². The van der Waals surface area contributed by atoms with Crippen LogP contribution >= 0.6 is 0 Å². The van der Waals surface area contributed by atoms with Gasteiger partial charge >= 0.3 is 0 Å². The highest BCUT2D eigenvalue weighted by atomic mass is 16.5. The normalized spacial score (nSPS) is 10.7. The molecule has 0 atom stereocenters. The lowest BCUT2D eigenvalue weighted by molar-refractivity contribution is 0.306. The molecular formula is C20H19N3O. The van der Waals surface area contributed by atoms with E-state index in [0.29, 0.717) is 12.4 Å². The number of ether oxygens (including phenoxy) is 1. The predicted octanol–water partition coefficient (Wildman–Crippen LogP) is 4.42. The quantitative estimate of drug-likeness (QED) is 0.541. The third-order valence-electron chi connectivity index (χ3n) is 3.46. The summed E-state index contributed by atoms with van der Waals surface area (Å²) in [6, 6.07) is 21.8. The van der Waals surface area contributed by atoms with Gasteiger partial charge in [0.2, 0.25) is 0 Å². The predicted molar refractivity (Wildman–Crippen MR) is 97.4 cm³/mol. The van der Waals surface area contributed by atoms with Crippen LogP contribution in [0.2, 0.25) is 0 Å². The summed E-state index contributed by atoms with van der Waals surface area (Å²) in [5.74, 6) is 1.55.